The number of phenols is 1. The number of rotatable bonds is 2. The highest BCUT2D eigenvalue weighted by atomic mass is 16.5. The number of nitrogens with one attached hydrogen (secondary N) is 1. The Hall–Kier alpha value is -2.57. The Balaban J connectivity index is 2.43. The van der Waals surface area contributed by atoms with Crippen LogP contribution in [0, 0.1) is 0 Å². The van der Waals surface area contributed by atoms with Crippen LogP contribution in [0.1, 0.15) is 24.2 Å². The first-order valence-corrected chi connectivity index (χ1v) is 6.30. The number of phenolic OH excluding ortho intramolecular Hbond substituents is 1. The molecular weight excluding hydrogens is 276 g/mol. The van der Waals surface area contributed by atoms with E-state index in [4.69, 9.17) is 4.74 Å². The zero-order valence-corrected chi connectivity index (χ0v) is 12.0. The van der Waals surface area contributed by atoms with Crippen molar-refractivity contribution < 1.29 is 24.2 Å². The molecule has 0 radical (unpaired) electrons. The maximum Gasteiger partial charge on any atom is 0.259 e. The lowest BCUT2D eigenvalue weighted by atomic mass is 9.97. The Morgan fingerprint density at radius 1 is 1.38 bits per heavy atom. The number of carbonyl (C=O) groups excluding carboxylic acids is 3. The smallest absolute Gasteiger partial charge is 0.259 e. The molecule has 21 heavy (non-hydrogen) atoms. The van der Waals surface area contributed by atoms with Crippen LogP contribution in [0.2, 0.25) is 0 Å². The molecule has 2 N–H and O–H groups in total. The highest BCUT2D eigenvalue weighted by Crippen LogP contribution is 2.28. The molecule has 0 atom stereocenters. The van der Waals surface area contributed by atoms with Gasteiger partial charge in [-0.15, -0.1) is 0 Å². The van der Waals surface area contributed by atoms with Crippen LogP contribution in [0.4, 0.5) is 0 Å². The van der Waals surface area contributed by atoms with Crippen molar-refractivity contribution >= 4 is 17.7 Å². The van der Waals surface area contributed by atoms with Crippen molar-refractivity contribution in [1.82, 2.24) is 10.2 Å². The van der Waals surface area contributed by atoms with E-state index in [2.05, 4.69) is 5.32 Å². The van der Waals surface area contributed by atoms with Crippen LogP contribution in [-0.2, 0) is 9.59 Å². The minimum atomic E-state index is -1.19. The van der Waals surface area contributed by atoms with Crippen LogP contribution >= 0.6 is 0 Å². The summed E-state index contributed by atoms with van der Waals surface area (Å²) in [5.41, 5.74) is -1.22. The van der Waals surface area contributed by atoms with E-state index in [-0.39, 0.29) is 17.9 Å². The maximum absolute atomic E-state index is 12.6. The third-order valence-corrected chi connectivity index (χ3v) is 3.46. The van der Waals surface area contributed by atoms with Crippen molar-refractivity contribution in [2.45, 2.75) is 19.4 Å². The topological polar surface area (TPSA) is 95.9 Å². The summed E-state index contributed by atoms with van der Waals surface area (Å²) in [6.45, 7) is 2.81. The van der Waals surface area contributed by atoms with Crippen LogP contribution in [0.3, 0.4) is 0 Å². The number of nitrogens with zero attached hydrogens (tertiary/aromatic N) is 1. The molecule has 0 spiro atoms. The number of amides is 3. The highest BCUT2D eigenvalue weighted by molar-refractivity contribution is 6.09. The maximum atomic E-state index is 12.6. The summed E-state index contributed by atoms with van der Waals surface area (Å²) < 4.78 is 5.01. The molecule has 0 saturated carbocycles. The number of benzene rings is 1. The van der Waals surface area contributed by atoms with E-state index in [1.54, 1.807) is 0 Å². The fourth-order valence-corrected chi connectivity index (χ4v) is 2.07. The Bertz CT molecular complexity index is 624. The molecule has 0 bridgehead atoms. The van der Waals surface area contributed by atoms with E-state index in [1.807, 2.05) is 0 Å². The third-order valence-electron chi connectivity index (χ3n) is 3.46. The number of hydrogen-bond donors (Lipinski definition) is 2. The SMILES string of the molecule is COc1ccc(O)c(C(=O)N2CC(=O)NC(=O)C2(C)C)c1. The average Bonchev–Trinajstić information content (AvgIpc) is 2.43. The highest BCUT2D eigenvalue weighted by Gasteiger charge is 2.44. The van der Waals surface area contributed by atoms with Gasteiger partial charge >= 0.3 is 0 Å². The van der Waals surface area contributed by atoms with Crippen molar-refractivity contribution in [3.8, 4) is 11.5 Å². The van der Waals surface area contributed by atoms with Gasteiger partial charge in [-0.1, -0.05) is 0 Å². The molecule has 1 aromatic carbocycles. The van der Waals surface area contributed by atoms with E-state index in [0.29, 0.717) is 5.75 Å². The number of carbonyl (C=O) groups is 3. The van der Waals surface area contributed by atoms with Gasteiger partial charge in [0.1, 0.15) is 23.6 Å². The second-order valence-electron chi connectivity index (χ2n) is 5.21. The zero-order chi connectivity index (χ0) is 15.8. The van der Waals surface area contributed by atoms with Gasteiger partial charge in [0.2, 0.25) is 5.91 Å². The first kappa shape index (κ1) is 14.8. The van der Waals surface area contributed by atoms with Crippen LogP contribution in [-0.4, -0.2) is 46.9 Å². The summed E-state index contributed by atoms with van der Waals surface area (Å²) in [7, 11) is 1.43. The Morgan fingerprint density at radius 3 is 2.67 bits per heavy atom. The van der Waals surface area contributed by atoms with Gasteiger partial charge in [0, 0.05) is 0 Å². The van der Waals surface area contributed by atoms with Gasteiger partial charge in [-0.2, -0.15) is 0 Å². The summed E-state index contributed by atoms with van der Waals surface area (Å²) in [5, 5.41) is 12.0. The number of hydrogen-bond acceptors (Lipinski definition) is 5. The summed E-state index contributed by atoms with van der Waals surface area (Å²) in [6, 6.07) is 4.20. The second kappa shape index (κ2) is 5.08. The quantitative estimate of drug-likeness (QED) is 0.763. The molecule has 1 heterocycles. The third kappa shape index (κ3) is 2.54. The van der Waals surface area contributed by atoms with Crippen LogP contribution in [0.25, 0.3) is 0 Å². The molecule has 1 aliphatic heterocycles. The monoisotopic (exact) mass is 292 g/mol. The second-order valence-corrected chi connectivity index (χ2v) is 5.21. The Kier molecular flexibility index (Phi) is 3.59. The van der Waals surface area contributed by atoms with Gasteiger partial charge < -0.3 is 14.7 Å². The van der Waals surface area contributed by atoms with Crippen LogP contribution in [0.5, 0.6) is 11.5 Å². The van der Waals surface area contributed by atoms with E-state index >= 15 is 0 Å². The molecule has 0 aliphatic carbocycles. The standard InChI is InChI=1S/C14H16N2O5/c1-14(2)13(20)15-11(18)7-16(14)12(19)9-6-8(21-3)4-5-10(9)17/h4-6,17H,7H2,1-3H3,(H,15,18,20). The molecule has 112 valence electrons. The molecule has 7 heteroatoms. The molecule has 1 aliphatic rings. The normalized spacial score (nSPS) is 17.4. The minimum absolute atomic E-state index is 0.0232. The number of methoxy groups -OCH3 is 1. The van der Waals surface area contributed by atoms with Crippen molar-refractivity contribution in [3.63, 3.8) is 0 Å². The molecule has 0 unspecified atom stereocenters. The first-order valence-electron chi connectivity index (χ1n) is 6.30. The van der Waals surface area contributed by atoms with E-state index in [9.17, 15) is 19.5 Å². The lowest BCUT2D eigenvalue weighted by molar-refractivity contribution is -0.143. The minimum Gasteiger partial charge on any atom is -0.507 e. The van der Waals surface area contributed by atoms with Crippen LogP contribution < -0.4 is 10.1 Å². The van der Waals surface area contributed by atoms with Gasteiger partial charge in [0.05, 0.1) is 12.7 Å². The number of aromatic hydroxyl groups is 1. The predicted octanol–water partition coefficient (Wildman–Crippen LogP) is 0.278. The molecule has 1 fully saturated rings. The summed E-state index contributed by atoms with van der Waals surface area (Å²) in [4.78, 5) is 37.1. The molecule has 1 saturated heterocycles. The fraction of sp³-hybridized carbons (Fsp3) is 0.357. The number of ether oxygens (including phenoxy) is 1. The molecule has 2 rings (SSSR count). The zero-order valence-electron chi connectivity index (χ0n) is 12.0. The van der Waals surface area contributed by atoms with Crippen molar-refractivity contribution in [2.75, 3.05) is 13.7 Å². The lowest BCUT2D eigenvalue weighted by Crippen LogP contribution is -2.65. The van der Waals surface area contributed by atoms with Gasteiger partial charge in [0.25, 0.3) is 11.8 Å². The summed E-state index contributed by atoms with van der Waals surface area (Å²) in [5.74, 6) is -1.58. The number of imide groups is 1. The van der Waals surface area contributed by atoms with Crippen LogP contribution in [0.15, 0.2) is 18.2 Å². The first-order chi connectivity index (χ1) is 9.77. The molecular formula is C14H16N2O5. The van der Waals surface area contributed by atoms with Crippen molar-refractivity contribution in [2.24, 2.45) is 0 Å². The molecule has 3 amide bonds. The Labute approximate surface area is 121 Å². The Morgan fingerprint density at radius 2 is 2.05 bits per heavy atom. The molecule has 0 aromatic heterocycles. The van der Waals surface area contributed by atoms with E-state index in [0.717, 1.165) is 4.90 Å². The largest absolute Gasteiger partial charge is 0.507 e. The fourth-order valence-electron chi connectivity index (χ4n) is 2.07. The average molecular weight is 292 g/mol. The van der Waals surface area contributed by atoms with E-state index < -0.39 is 23.3 Å². The molecule has 7 nitrogen and oxygen atoms in total. The van der Waals surface area contributed by atoms with Crippen molar-refractivity contribution in [1.29, 1.82) is 0 Å². The van der Waals surface area contributed by atoms with Crippen molar-refractivity contribution in [3.05, 3.63) is 23.8 Å². The predicted molar refractivity (Wildman–Crippen MR) is 72.9 cm³/mol. The summed E-state index contributed by atoms with van der Waals surface area (Å²) >= 11 is 0. The van der Waals surface area contributed by atoms with Gasteiger partial charge in [-0.3, -0.25) is 19.7 Å². The summed E-state index contributed by atoms with van der Waals surface area (Å²) in [6.07, 6.45) is 0. The van der Waals surface area contributed by atoms with Gasteiger partial charge in [-0.25, -0.2) is 0 Å². The number of piperazine rings is 1. The molecule has 1 aromatic rings. The van der Waals surface area contributed by atoms with E-state index in [1.165, 1.54) is 39.2 Å². The lowest BCUT2D eigenvalue weighted by Gasteiger charge is -2.40. The van der Waals surface area contributed by atoms with Gasteiger partial charge in [-0.05, 0) is 32.0 Å². The van der Waals surface area contributed by atoms with Gasteiger partial charge in [0.15, 0.2) is 0 Å².